The van der Waals surface area contributed by atoms with Gasteiger partial charge in [0.15, 0.2) is 0 Å². The molecule has 5 heteroatoms. The molecule has 1 saturated carbocycles. The molecule has 2 rings (SSSR count). The number of amides is 2. The lowest BCUT2D eigenvalue weighted by atomic mass is 9.80. The lowest BCUT2D eigenvalue weighted by Gasteiger charge is -2.40. The van der Waals surface area contributed by atoms with Crippen molar-refractivity contribution in [2.75, 3.05) is 26.2 Å². The molecule has 0 aromatic carbocycles. The first kappa shape index (κ1) is 18.2. The van der Waals surface area contributed by atoms with Gasteiger partial charge >= 0.3 is 0 Å². The van der Waals surface area contributed by atoms with Crippen LogP contribution in [0.4, 0.5) is 0 Å². The minimum absolute atomic E-state index is 0.0549. The Morgan fingerprint density at radius 2 is 1.87 bits per heavy atom. The Balaban J connectivity index is 1.96. The number of carbonyl (C=O) groups excluding carboxylic acids is 2. The summed E-state index contributed by atoms with van der Waals surface area (Å²) in [6.07, 6.45) is 7.43. The molecule has 1 aliphatic carbocycles. The third kappa shape index (κ3) is 4.69. The number of rotatable bonds is 7. The summed E-state index contributed by atoms with van der Waals surface area (Å²) in [5.41, 5.74) is -0.644. The molecule has 0 aromatic rings. The Morgan fingerprint density at radius 3 is 2.43 bits per heavy atom. The number of carbonyl (C=O) groups is 2. The van der Waals surface area contributed by atoms with Crippen LogP contribution in [0.2, 0.25) is 0 Å². The average Bonchev–Trinajstić information content (AvgIpc) is 3.08. The SMILES string of the molecule is CCN(CC)C(=O)C1(NC(=O)CCC2CCNC2)CCCCC1. The second kappa shape index (κ2) is 8.67. The Morgan fingerprint density at radius 1 is 1.17 bits per heavy atom. The Hall–Kier alpha value is -1.10. The van der Waals surface area contributed by atoms with Gasteiger partial charge in [-0.15, -0.1) is 0 Å². The predicted octanol–water partition coefficient (Wildman–Crippen LogP) is 2.06. The van der Waals surface area contributed by atoms with Gasteiger partial charge in [0.25, 0.3) is 0 Å². The Kier molecular flexibility index (Phi) is 6.88. The first-order valence-electron chi connectivity index (χ1n) is 9.42. The second-order valence-electron chi connectivity index (χ2n) is 7.07. The van der Waals surface area contributed by atoms with Gasteiger partial charge in [-0.2, -0.15) is 0 Å². The van der Waals surface area contributed by atoms with Crippen LogP contribution in [0.5, 0.6) is 0 Å². The molecule has 23 heavy (non-hydrogen) atoms. The van der Waals surface area contributed by atoms with Crippen LogP contribution in [0.15, 0.2) is 0 Å². The highest BCUT2D eigenvalue weighted by Gasteiger charge is 2.42. The van der Waals surface area contributed by atoms with Crippen molar-refractivity contribution in [1.82, 2.24) is 15.5 Å². The minimum atomic E-state index is -0.644. The van der Waals surface area contributed by atoms with Crippen LogP contribution in [-0.2, 0) is 9.59 Å². The predicted molar refractivity (Wildman–Crippen MR) is 92.1 cm³/mol. The van der Waals surface area contributed by atoms with Crippen LogP contribution in [-0.4, -0.2) is 48.4 Å². The molecule has 1 heterocycles. The van der Waals surface area contributed by atoms with Gasteiger partial charge in [-0.1, -0.05) is 19.3 Å². The van der Waals surface area contributed by atoms with E-state index in [2.05, 4.69) is 10.6 Å². The van der Waals surface area contributed by atoms with Gasteiger partial charge in [0.1, 0.15) is 5.54 Å². The fourth-order valence-corrected chi connectivity index (χ4v) is 3.99. The fourth-order valence-electron chi connectivity index (χ4n) is 3.99. The molecule has 132 valence electrons. The normalized spacial score (nSPS) is 23.5. The van der Waals surface area contributed by atoms with Crippen LogP contribution in [0, 0.1) is 5.92 Å². The molecule has 2 N–H and O–H groups in total. The van der Waals surface area contributed by atoms with E-state index >= 15 is 0 Å². The van der Waals surface area contributed by atoms with Gasteiger partial charge in [0, 0.05) is 19.5 Å². The monoisotopic (exact) mass is 323 g/mol. The zero-order chi connectivity index (χ0) is 16.7. The van der Waals surface area contributed by atoms with E-state index in [1.807, 2.05) is 18.7 Å². The summed E-state index contributed by atoms with van der Waals surface area (Å²) in [7, 11) is 0. The van der Waals surface area contributed by atoms with E-state index in [-0.39, 0.29) is 11.8 Å². The van der Waals surface area contributed by atoms with Gasteiger partial charge in [-0.25, -0.2) is 0 Å². The molecule has 0 aromatic heterocycles. The summed E-state index contributed by atoms with van der Waals surface area (Å²) in [6, 6.07) is 0. The number of hydrogen-bond acceptors (Lipinski definition) is 3. The lowest BCUT2D eigenvalue weighted by molar-refractivity contribution is -0.143. The summed E-state index contributed by atoms with van der Waals surface area (Å²) in [6.45, 7) is 7.52. The van der Waals surface area contributed by atoms with Crippen molar-refractivity contribution in [3.63, 3.8) is 0 Å². The first-order valence-corrected chi connectivity index (χ1v) is 9.42. The third-order valence-electron chi connectivity index (χ3n) is 5.49. The summed E-state index contributed by atoms with van der Waals surface area (Å²) in [5, 5.41) is 6.50. The number of hydrogen-bond donors (Lipinski definition) is 2. The molecule has 1 aliphatic heterocycles. The molecular formula is C18H33N3O2. The molecule has 0 bridgehead atoms. The van der Waals surface area contributed by atoms with Crippen molar-refractivity contribution >= 4 is 11.8 Å². The molecule has 1 atom stereocenters. The van der Waals surface area contributed by atoms with Gasteiger partial charge in [0.05, 0.1) is 0 Å². The number of nitrogens with zero attached hydrogens (tertiary/aromatic N) is 1. The molecule has 0 spiro atoms. The van der Waals surface area contributed by atoms with E-state index in [9.17, 15) is 9.59 Å². The molecule has 0 radical (unpaired) electrons. The van der Waals surface area contributed by atoms with Gasteiger partial charge < -0.3 is 15.5 Å². The van der Waals surface area contributed by atoms with Crippen LogP contribution in [0.1, 0.15) is 65.2 Å². The van der Waals surface area contributed by atoms with Crippen LogP contribution in [0.25, 0.3) is 0 Å². The van der Waals surface area contributed by atoms with Crippen molar-refractivity contribution in [2.45, 2.75) is 70.8 Å². The maximum Gasteiger partial charge on any atom is 0.248 e. The third-order valence-corrected chi connectivity index (χ3v) is 5.49. The zero-order valence-corrected chi connectivity index (χ0v) is 14.8. The van der Waals surface area contributed by atoms with E-state index in [0.717, 1.165) is 58.0 Å². The van der Waals surface area contributed by atoms with Crippen LogP contribution >= 0.6 is 0 Å². The Bertz CT molecular complexity index is 395. The minimum Gasteiger partial charge on any atom is -0.342 e. The highest BCUT2D eigenvalue weighted by atomic mass is 16.2. The Labute approximate surface area is 140 Å². The van der Waals surface area contributed by atoms with Gasteiger partial charge in [-0.3, -0.25) is 9.59 Å². The molecule has 2 aliphatic rings. The quantitative estimate of drug-likeness (QED) is 0.754. The van der Waals surface area contributed by atoms with Crippen molar-refractivity contribution in [2.24, 2.45) is 5.92 Å². The van der Waals surface area contributed by atoms with Gasteiger partial charge in [0.2, 0.25) is 11.8 Å². The molecule has 2 amide bonds. The molecule has 1 unspecified atom stereocenters. The van der Waals surface area contributed by atoms with Gasteiger partial charge in [-0.05, 0) is 58.5 Å². The maximum absolute atomic E-state index is 13.0. The topological polar surface area (TPSA) is 61.4 Å². The van der Waals surface area contributed by atoms with E-state index in [4.69, 9.17) is 0 Å². The van der Waals surface area contributed by atoms with E-state index in [0.29, 0.717) is 25.4 Å². The first-order chi connectivity index (χ1) is 11.1. The second-order valence-corrected chi connectivity index (χ2v) is 7.07. The maximum atomic E-state index is 13.0. The number of likely N-dealkylation sites (N-methyl/N-ethyl adjacent to an activating group) is 1. The van der Waals surface area contributed by atoms with E-state index in [1.165, 1.54) is 0 Å². The smallest absolute Gasteiger partial charge is 0.248 e. The fraction of sp³-hybridized carbons (Fsp3) is 0.889. The number of nitrogens with one attached hydrogen (secondary N) is 2. The summed E-state index contributed by atoms with van der Waals surface area (Å²) in [5.74, 6) is 0.791. The molecule has 5 nitrogen and oxygen atoms in total. The van der Waals surface area contributed by atoms with Crippen molar-refractivity contribution in [3.8, 4) is 0 Å². The molecule has 1 saturated heterocycles. The molecular weight excluding hydrogens is 290 g/mol. The van der Waals surface area contributed by atoms with E-state index in [1.54, 1.807) is 0 Å². The molecule has 2 fully saturated rings. The lowest BCUT2D eigenvalue weighted by Crippen LogP contribution is -2.60. The average molecular weight is 323 g/mol. The standard InChI is InChI=1S/C18H33N3O2/c1-3-21(4-2)17(23)18(11-6-5-7-12-18)20-16(22)9-8-15-10-13-19-14-15/h15,19H,3-14H2,1-2H3,(H,20,22). The largest absolute Gasteiger partial charge is 0.342 e. The highest BCUT2D eigenvalue weighted by molar-refractivity contribution is 5.91. The van der Waals surface area contributed by atoms with Crippen LogP contribution in [0.3, 0.4) is 0 Å². The van der Waals surface area contributed by atoms with Crippen molar-refractivity contribution in [3.05, 3.63) is 0 Å². The summed E-state index contributed by atoms with van der Waals surface area (Å²) < 4.78 is 0. The van der Waals surface area contributed by atoms with Crippen molar-refractivity contribution < 1.29 is 9.59 Å². The van der Waals surface area contributed by atoms with Crippen molar-refractivity contribution in [1.29, 1.82) is 0 Å². The zero-order valence-electron chi connectivity index (χ0n) is 14.8. The highest BCUT2D eigenvalue weighted by Crippen LogP contribution is 2.30. The van der Waals surface area contributed by atoms with Crippen LogP contribution < -0.4 is 10.6 Å². The van der Waals surface area contributed by atoms with E-state index < -0.39 is 5.54 Å². The summed E-state index contributed by atoms with van der Waals surface area (Å²) >= 11 is 0. The summed E-state index contributed by atoms with van der Waals surface area (Å²) in [4.78, 5) is 27.3.